The van der Waals surface area contributed by atoms with Gasteiger partial charge in [-0.25, -0.2) is 18.4 Å². The Kier molecular flexibility index (Phi) is 5.46. The number of methoxy groups -OCH3 is 1. The van der Waals surface area contributed by atoms with E-state index in [1.54, 1.807) is 31.4 Å². The minimum atomic E-state index is -3.47. The Labute approximate surface area is 170 Å². The monoisotopic (exact) mass is 410 g/mol. The number of hydrogen-bond acceptors (Lipinski definition) is 6. The molecule has 8 heteroatoms. The van der Waals surface area contributed by atoms with Gasteiger partial charge < -0.3 is 9.64 Å². The van der Waals surface area contributed by atoms with E-state index in [0.717, 1.165) is 22.8 Å². The predicted octanol–water partition coefficient (Wildman–Crippen LogP) is 2.66. The largest absolute Gasteiger partial charge is 0.497 e. The fourth-order valence-corrected chi connectivity index (χ4v) is 4.80. The minimum absolute atomic E-state index is 0.329. The molecule has 0 saturated carbocycles. The van der Waals surface area contributed by atoms with Crippen molar-refractivity contribution in [2.45, 2.75) is 4.90 Å². The Morgan fingerprint density at radius 2 is 1.66 bits per heavy atom. The lowest BCUT2D eigenvalue weighted by molar-refractivity contribution is 0.384. The number of ether oxygens (including phenoxy) is 1. The van der Waals surface area contributed by atoms with E-state index in [4.69, 9.17) is 4.74 Å². The summed E-state index contributed by atoms with van der Waals surface area (Å²) >= 11 is 0. The number of benzene rings is 2. The number of hydrogen-bond donors (Lipinski definition) is 0. The summed E-state index contributed by atoms with van der Waals surface area (Å²) in [5.41, 5.74) is 1.74. The molecule has 0 unspecified atom stereocenters. The van der Waals surface area contributed by atoms with Crippen LogP contribution in [0.2, 0.25) is 0 Å². The molecule has 1 aromatic heterocycles. The number of rotatable bonds is 5. The first kappa shape index (κ1) is 19.4. The zero-order valence-corrected chi connectivity index (χ0v) is 16.9. The van der Waals surface area contributed by atoms with Gasteiger partial charge in [-0.1, -0.05) is 30.3 Å². The highest BCUT2D eigenvalue weighted by Crippen LogP contribution is 2.25. The Balaban J connectivity index is 1.49. The molecule has 1 aliphatic rings. The summed E-state index contributed by atoms with van der Waals surface area (Å²) in [7, 11) is -1.83. The van der Waals surface area contributed by atoms with Gasteiger partial charge in [-0.05, 0) is 24.3 Å². The van der Waals surface area contributed by atoms with Crippen molar-refractivity contribution >= 4 is 15.8 Å². The summed E-state index contributed by atoms with van der Waals surface area (Å²) in [6, 6.07) is 18.2. The molecule has 1 aliphatic heterocycles. The second-order valence-electron chi connectivity index (χ2n) is 6.70. The van der Waals surface area contributed by atoms with E-state index in [0.29, 0.717) is 31.1 Å². The SMILES string of the molecule is COc1cccc(-c2cc(N3CCN(S(=O)(=O)c4ccccc4)CC3)ncn2)c1. The summed E-state index contributed by atoms with van der Waals surface area (Å²) in [6.07, 6.45) is 1.54. The van der Waals surface area contributed by atoms with Gasteiger partial charge in [-0.2, -0.15) is 4.31 Å². The third-order valence-corrected chi connectivity index (χ3v) is 6.87. The molecule has 1 saturated heterocycles. The van der Waals surface area contributed by atoms with Gasteiger partial charge >= 0.3 is 0 Å². The highest BCUT2D eigenvalue weighted by molar-refractivity contribution is 7.89. The maximum Gasteiger partial charge on any atom is 0.243 e. The number of nitrogens with zero attached hydrogens (tertiary/aromatic N) is 4. The van der Waals surface area contributed by atoms with Gasteiger partial charge in [0, 0.05) is 37.8 Å². The molecule has 4 rings (SSSR count). The fourth-order valence-electron chi connectivity index (χ4n) is 3.36. The lowest BCUT2D eigenvalue weighted by atomic mass is 10.1. The summed E-state index contributed by atoms with van der Waals surface area (Å²) in [4.78, 5) is 11.2. The van der Waals surface area contributed by atoms with E-state index >= 15 is 0 Å². The minimum Gasteiger partial charge on any atom is -0.497 e. The lowest BCUT2D eigenvalue weighted by Crippen LogP contribution is -2.48. The molecule has 7 nitrogen and oxygen atoms in total. The zero-order valence-electron chi connectivity index (χ0n) is 16.1. The predicted molar refractivity (Wildman–Crippen MR) is 111 cm³/mol. The van der Waals surface area contributed by atoms with Gasteiger partial charge in [-0.3, -0.25) is 0 Å². The van der Waals surface area contributed by atoms with Crippen LogP contribution in [-0.4, -0.2) is 56.0 Å². The molecule has 29 heavy (non-hydrogen) atoms. The molecular weight excluding hydrogens is 388 g/mol. The van der Waals surface area contributed by atoms with Gasteiger partial charge in [0.05, 0.1) is 17.7 Å². The van der Waals surface area contributed by atoms with Crippen molar-refractivity contribution in [2.75, 3.05) is 38.2 Å². The smallest absolute Gasteiger partial charge is 0.243 e. The molecule has 0 spiro atoms. The van der Waals surface area contributed by atoms with Crippen LogP contribution >= 0.6 is 0 Å². The molecule has 0 radical (unpaired) electrons. The number of aromatic nitrogens is 2. The first-order valence-electron chi connectivity index (χ1n) is 9.34. The second kappa shape index (κ2) is 8.18. The van der Waals surface area contributed by atoms with E-state index in [9.17, 15) is 8.42 Å². The average Bonchev–Trinajstić information content (AvgIpc) is 2.80. The van der Waals surface area contributed by atoms with Crippen molar-refractivity contribution < 1.29 is 13.2 Å². The van der Waals surface area contributed by atoms with Crippen LogP contribution in [0.25, 0.3) is 11.3 Å². The average molecular weight is 410 g/mol. The third-order valence-electron chi connectivity index (χ3n) is 4.96. The molecule has 2 heterocycles. The van der Waals surface area contributed by atoms with E-state index < -0.39 is 10.0 Å². The second-order valence-corrected chi connectivity index (χ2v) is 8.64. The summed E-state index contributed by atoms with van der Waals surface area (Å²) in [5.74, 6) is 1.55. The van der Waals surface area contributed by atoms with E-state index in [1.807, 2.05) is 36.4 Å². The molecule has 150 valence electrons. The van der Waals surface area contributed by atoms with Crippen molar-refractivity contribution in [3.8, 4) is 17.0 Å². The van der Waals surface area contributed by atoms with Crippen LogP contribution in [0.1, 0.15) is 0 Å². The maximum absolute atomic E-state index is 12.8. The van der Waals surface area contributed by atoms with Crippen molar-refractivity contribution in [1.29, 1.82) is 0 Å². The maximum atomic E-state index is 12.8. The van der Waals surface area contributed by atoms with Crippen LogP contribution < -0.4 is 9.64 Å². The first-order valence-corrected chi connectivity index (χ1v) is 10.8. The number of piperazine rings is 1. The van der Waals surface area contributed by atoms with Crippen LogP contribution in [0.3, 0.4) is 0 Å². The standard InChI is InChI=1S/C21H22N4O3S/c1-28-18-7-5-6-17(14-18)20-15-21(23-16-22-20)24-10-12-25(13-11-24)29(26,27)19-8-3-2-4-9-19/h2-9,14-16H,10-13H2,1H3. The van der Waals surface area contributed by atoms with Crippen LogP contribution in [0, 0.1) is 0 Å². The highest BCUT2D eigenvalue weighted by atomic mass is 32.2. The molecule has 0 N–H and O–H groups in total. The molecule has 0 bridgehead atoms. The molecule has 0 atom stereocenters. The first-order chi connectivity index (χ1) is 14.1. The lowest BCUT2D eigenvalue weighted by Gasteiger charge is -2.34. The van der Waals surface area contributed by atoms with E-state index in [1.165, 1.54) is 10.6 Å². The van der Waals surface area contributed by atoms with Crippen molar-refractivity contribution in [2.24, 2.45) is 0 Å². The normalized spacial score (nSPS) is 15.3. The summed E-state index contributed by atoms with van der Waals surface area (Å²) < 4.78 is 32.4. The third kappa shape index (κ3) is 4.08. The Morgan fingerprint density at radius 3 is 2.38 bits per heavy atom. The van der Waals surface area contributed by atoms with Gasteiger partial charge in [-0.15, -0.1) is 0 Å². The van der Waals surface area contributed by atoms with Gasteiger partial charge in [0.1, 0.15) is 17.9 Å². The molecule has 2 aromatic carbocycles. The molecule has 0 amide bonds. The topological polar surface area (TPSA) is 75.6 Å². The molecule has 1 fully saturated rings. The Morgan fingerprint density at radius 1 is 0.897 bits per heavy atom. The van der Waals surface area contributed by atoms with Gasteiger partial charge in [0.2, 0.25) is 10.0 Å². The summed E-state index contributed by atoms with van der Waals surface area (Å²) in [6.45, 7) is 1.96. The van der Waals surface area contributed by atoms with Crippen molar-refractivity contribution in [3.63, 3.8) is 0 Å². The van der Waals surface area contributed by atoms with Crippen molar-refractivity contribution in [1.82, 2.24) is 14.3 Å². The highest BCUT2D eigenvalue weighted by Gasteiger charge is 2.28. The quantitative estimate of drug-likeness (QED) is 0.644. The summed E-state index contributed by atoms with van der Waals surface area (Å²) in [5, 5.41) is 0. The zero-order chi connectivity index (χ0) is 20.3. The Bertz CT molecular complexity index is 1080. The van der Waals surface area contributed by atoms with Gasteiger partial charge in [0.25, 0.3) is 0 Å². The van der Waals surface area contributed by atoms with E-state index in [-0.39, 0.29) is 0 Å². The number of anilines is 1. The van der Waals surface area contributed by atoms with Crippen LogP contribution in [-0.2, 0) is 10.0 Å². The van der Waals surface area contributed by atoms with Crippen LogP contribution in [0.5, 0.6) is 5.75 Å². The molecule has 3 aromatic rings. The Hall–Kier alpha value is -2.97. The number of sulfonamides is 1. The van der Waals surface area contributed by atoms with Crippen LogP contribution in [0.4, 0.5) is 5.82 Å². The fraction of sp³-hybridized carbons (Fsp3) is 0.238. The molecular formula is C21H22N4O3S. The van der Waals surface area contributed by atoms with E-state index in [2.05, 4.69) is 14.9 Å². The molecule has 0 aliphatic carbocycles. The van der Waals surface area contributed by atoms with Crippen LogP contribution in [0.15, 0.2) is 71.9 Å². The van der Waals surface area contributed by atoms with Gasteiger partial charge in [0.15, 0.2) is 0 Å². The van der Waals surface area contributed by atoms with Crippen molar-refractivity contribution in [3.05, 3.63) is 67.0 Å².